The number of β-lactam (4-membered cyclic amide) rings is 1. The molecule has 0 bridgehead atoms. The second-order valence-corrected chi connectivity index (χ2v) is 9.76. The first-order valence-electron chi connectivity index (χ1n) is 8.91. The van der Waals surface area contributed by atoms with E-state index in [-0.39, 0.29) is 5.91 Å². The summed E-state index contributed by atoms with van der Waals surface area (Å²) in [6.07, 6.45) is -0.406. The maximum absolute atomic E-state index is 12.8. The standard InChI is InChI=1S/C17H25N3O6S/c1-17(2)11(16(25)26)20-13(23)9(15(20)27-17)10(21)14(24)19-7-5-6-8(19)12(22)18(3)4/h8-11,15,21H,5-7H2,1-4H3,(H,25,26)/t8-,9+,10-,11-,15+/m0/s1. The minimum absolute atomic E-state index is 0.211. The molecule has 0 spiro atoms. The van der Waals surface area contributed by atoms with E-state index >= 15 is 0 Å². The van der Waals surface area contributed by atoms with Gasteiger partial charge < -0.3 is 24.9 Å². The highest BCUT2D eigenvalue weighted by Crippen LogP contribution is 2.54. The van der Waals surface area contributed by atoms with E-state index in [0.29, 0.717) is 19.4 Å². The molecule has 10 heteroatoms. The Morgan fingerprint density at radius 1 is 1.30 bits per heavy atom. The van der Waals surface area contributed by atoms with Crippen LogP contribution in [0.25, 0.3) is 0 Å². The molecule has 3 rings (SSSR count). The summed E-state index contributed by atoms with van der Waals surface area (Å²) in [7, 11) is 3.22. The van der Waals surface area contributed by atoms with Crippen molar-refractivity contribution in [2.45, 2.75) is 55.0 Å². The van der Waals surface area contributed by atoms with Crippen LogP contribution in [0.2, 0.25) is 0 Å². The van der Waals surface area contributed by atoms with Crippen LogP contribution in [-0.2, 0) is 19.2 Å². The Morgan fingerprint density at radius 3 is 2.48 bits per heavy atom. The van der Waals surface area contributed by atoms with Crippen LogP contribution in [-0.4, -0.2) is 97.6 Å². The number of carbonyl (C=O) groups is 4. The van der Waals surface area contributed by atoms with Crippen LogP contribution >= 0.6 is 11.8 Å². The number of hydrogen-bond donors (Lipinski definition) is 2. The van der Waals surface area contributed by atoms with Crippen molar-refractivity contribution in [2.24, 2.45) is 5.92 Å². The molecule has 0 saturated carbocycles. The SMILES string of the molecule is CN(C)C(=O)[C@@H]1CCCN1C(=O)[C@@H](O)[C@@H]1C(=O)N2[C@@H]1SC(C)(C)[C@@H]2C(=O)O. The van der Waals surface area contributed by atoms with Gasteiger partial charge in [0.25, 0.3) is 5.91 Å². The Morgan fingerprint density at radius 2 is 1.93 bits per heavy atom. The number of nitrogens with zero attached hydrogens (tertiary/aromatic N) is 3. The van der Waals surface area contributed by atoms with E-state index < -0.39 is 52.0 Å². The topological polar surface area (TPSA) is 118 Å². The molecule has 0 aromatic carbocycles. The highest BCUT2D eigenvalue weighted by Gasteiger charge is 2.66. The third kappa shape index (κ3) is 2.98. The van der Waals surface area contributed by atoms with Crippen molar-refractivity contribution in [3.8, 4) is 0 Å². The molecule has 150 valence electrons. The van der Waals surface area contributed by atoms with E-state index in [1.54, 1.807) is 27.9 Å². The fourth-order valence-corrected chi connectivity index (χ4v) is 5.96. The second kappa shape index (κ2) is 6.66. The number of rotatable bonds is 4. The number of carboxylic acid groups (broad SMARTS) is 1. The molecule has 0 aromatic rings. The molecule has 3 amide bonds. The van der Waals surface area contributed by atoms with Crippen molar-refractivity contribution in [3.05, 3.63) is 0 Å². The Labute approximate surface area is 161 Å². The summed E-state index contributed by atoms with van der Waals surface area (Å²) in [6.45, 7) is 3.82. The molecular formula is C17H25N3O6S. The van der Waals surface area contributed by atoms with Crippen LogP contribution in [0.1, 0.15) is 26.7 Å². The van der Waals surface area contributed by atoms with Gasteiger partial charge in [0.2, 0.25) is 11.8 Å². The van der Waals surface area contributed by atoms with E-state index in [1.165, 1.54) is 26.5 Å². The number of carbonyl (C=O) groups excluding carboxylic acids is 3. The number of hydrogen-bond acceptors (Lipinski definition) is 6. The summed E-state index contributed by atoms with van der Waals surface area (Å²) in [5.41, 5.74) is 0. The summed E-state index contributed by atoms with van der Waals surface area (Å²) >= 11 is 1.28. The van der Waals surface area contributed by atoms with Crippen molar-refractivity contribution in [1.82, 2.24) is 14.7 Å². The normalized spacial score (nSPS) is 32.7. The van der Waals surface area contributed by atoms with Gasteiger partial charge >= 0.3 is 5.97 Å². The number of thioether (sulfide) groups is 1. The maximum Gasteiger partial charge on any atom is 0.327 e. The van der Waals surface area contributed by atoms with Gasteiger partial charge in [-0.1, -0.05) is 0 Å². The lowest BCUT2D eigenvalue weighted by Crippen LogP contribution is -2.67. The Balaban J connectivity index is 1.76. The van der Waals surface area contributed by atoms with E-state index in [0.717, 1.165) is 0 Å². The summed E-state index contributed by atoms with van der Waals surface area (Å²) in [5, 5.41) is 19.5. The number of amides is 3. The molecule has 3 saturated heterocycles. The molecule has 3 aliphatic heterocycles. The first-order valence-corrected chi connectivity index (χ1v) is 9.79. The largest absolute Gasteiger partial charge is 0.480 e. The van der Waals surface area contributed by atoms with E-state index in [9.17, 15) is 29.4 Å². The number of likely N-dealkylation sites (N-methyl/N-ethyl adjacent to an activating group) is 1. The lowest BCUT2D eigenvalue weighted by molar-refractivity contribution is -0.173. The number of aliphatic hydroxyl groups is 1. The van der Waals surface area contributed by atoms with Gasteiger partial charge in [-0.15, -0.1) is 11.8 Å². The average Bonchev–Trinajstić information content (AvgIpc) is 3.14. The zero-order chi connectivity index (χ0) is 20.3. The zero-order valence-corrected chi connectivity index (χ0v) is 16.6. The van der Waals surface area contributed by atoms with E-state index in [4.69, 9.17) is 0 Å². The molecule has 9 nitrogen and oxygen atoms in total. The lowest BCUT2D eigenvalue weighted by Gasteiger charge is -2.45. The molecule has 2 N–H and O–H groups in total. The van der Waals surface area contributed by atoms with Crippen molar-refractivity contribution < 1.29 is 29.4 Å². The fourth-order valence-electron chi connectivity index (χ4n) is 4.24. The third-order valence-electron chi connectivity index (χ3n) is 5.57. The molecule has 3 heterocycles. The van der Waals surface area contributed by atoms with Gasteiger partial charge in [0.05, 0.1) is 5.37 Å². The first-order chi connectivity index (χ1) is 12.5. The summed E-state index contributed by atoms with van der Waals surface area (Å²) in [4.78, 5) is 53.3. The molecule has 5 atom stereocenters. The third-order valence-corrected chi connectivity index (χ3v) is 7.16. The average molecular weight is 399 g/mol. The Kier molecular flexibility index (Phi) is 4.92. The minimum Gasteiger partial charge on any atom is -0.480 e. The highest BCUT2D eigenvalue weighted by atomic mass is 32.2. The molecule has 3 fully saturated rings. The molecule has 0 aromatic heterocycles. The number of aliphatic carboxylic acids is 1. The minimum atomic E-state index is -1.58. The van der Waals surface area contributed by atoms with Crippen LogP contribution in [0, 0.1) is 5.92 Å². The molecule has 3 aliphatic rings. The van der Waals surface area contributed by atoms with Gasteiger partial charge in [-0.2, -0.15) is 0 Å². The van der Waals surface area contributed by atoms with Gasteiger partial charge in [-0.25, -0.2) is 4.79 Å². The van der Waals surface area contributed by atoms with Crippen LogP contribution in [0.3, 0.4) is 0 Å². The number of fused-ring (bicyclic) bond motifs is 1. The molecule has 0 aliphatic carbocycles. The van der Waals surface area contributed by atoms with Crippen LogP contribution in [0.4, 0.5) is 0 Å². The second-order valence-electron chi connectivity index (χ2n) is 7.99. The Hall–Kier alpha value is -1.81. The predicted octanol–water partition coefficient (Wildman–Crippen LogP) is -0.810. The molecule has 27 heavy (non-hydrogen) atoms. The van der Waals surface area contributed by atoms with Crippen LogP contribution < -0.4 is 0 Å². The summed E-state index contributed by atoms with van der Waals surface area (Å²) in [6, 6.07) is -1.62. The monoisotopic (exact) mass is 399 g/mol. The summed E-state index contributed by atoms with van der Waals surface area (Å²) in [5.74, 6) is -3.46. The Bertz CT molecular complexity index is 696. The van der Waals surface area contributed by atoms with Gasteiger partial charge in [0.1, 0.15) is 24.1 Å². The smallest absolute Gasteiger partial charge is 0.327 e. The van der Waals surface area contributed by atoms with Gasteiger partial charge in [-0.3, -0.25) is 14.4 Å². The highest BCUT2D eigenvalue weighted by molar-refractivity contribution is 8.01. The number of likely N-dealkylation sites (tertiary alicyclic amines) is 1. The predicted molar refractivity (Wildman–Crippen MR) is 96.7 cm³/mol. The molecule has 0 radical (unpaired) electrons. The quantitative estimate of drug-likeness (QED) is 0.594. The first kappa shape index (κ1) is 19.9. The maximum atomic E-state index is 12.8. The molecule has 0 unspecified atom stereocenters. The van der Waals surface area contributed by atoms with Crippen molar-refractivity contribution in [2.75, 3.05) is 20.6 Å². The number of carboxylic acids is 1. The van der Waals surface area contributed by atoms with Crippen LogP contribution in [0.5, 0.6) is 0 Å². The van der Waals surface area contributed by atoms with E-state index in [2.05, 4.69) is 0 Å². The zero-order valence-electron chi connectivity index (χ0n) is 15.8. The number of aliphatic hydroxyl groups excluding tert-OH is 1. The van der Waals surface area contributed by atoms with Gasteiger partial charge in [0, 0.05) is 25.4 Å². The van der Waals surface area contributed by atoms with Crippen molar-refractivity contribution >= 4 is 35.5 Å². The van der Waals surface area contributed by atoms with Crippen molar-refractivity contribution in [1.29, 1.82) is 0 Å². The van der Waals surface area contributed by atoms with Gasteiger partial charge in [0.15, 0.2) is 0 Å². The fraction of sp³-hybridized carbons (Fsp3) is 0.765. The lowest BCUT2D eigenvalue weighted by atomic mass is 9.87. The molecular weight excluding hydrogens is 374 g/mol. The van der Waals surface area contributed by atoms with E-state index in [1.807, 2.05) is 0 Å². The van der Waals surface area contributed by atoms with Gasteiger partial charge in [-0.05, 0) is 26.7 Å². The van der Waals surface area contributed by atoms with Crippen LogP contribution in [0.15, 0.2) is 0 Å². The van der Waals surface area contributed by atoms with Crippen molar-refractivity contribution in [3.63, 3.8) is 0 Å². The summed E-state index contributed by atoms with van der Waals surface area (Å²) < 4.78 is -0.721.